The number of rotatable bonds is 3. The Hall–Kier alpha value is -0.520. The maximum absolute atomic E-state index is 12.5. The van der Waals surface area contributed by atoms with Crippen LogP contribution in [-0.2, 0) is 6.18 Å². The van der Waals surface area contributed by atoms with Crippen molar-refractivity contribution in [1.29, 1.82) is 0 Å². The molecule has 0 heterocycles. The third-order valence-electron chi connectivity index (χ3n) is 2.14. The maximum atomic E-state index is 12.5. The van der Waals surface area contributed by atoms with E-state index in [4.69, 9.17) is 5.73 Å². The molecule has 6 heteroatoms. The van der Waals surface area contributed by atoms with Crippen molar-refractivity contribution in [3.8, 4) is 0 Å². The van der Waals surface area contributed by atoms with E-state index in [-0.39, 0.29) is 12.4 Å². The fourth-order valence-electron chi connectivity index (χ4n) is 1.31. The van der Waals surface area contributed by atoms with Crippen molar-refractivity contribution in [3.63, 3.8) is 0 Å². The van der Waals surface area contributed by atoms with Gasteiger partial charge < -0.3 is 5.73 Å². The van der Waals surface area contributed by atoms with Gasteiger partial charge in [0.1, 0.15) is 0 Å². The van der Waals surface area contributed by atoms with E-state index in [1.807, 2.05) is 0 Å². The molecule has 0 unspecified atom stereocenters. The minimum atomic E-state index is -4.34. The number of alkyl halides is 3. The fraction of sp³-hybridized carbons (Fsp3) is 0.273. The van der Waals surface area contributed by atoms with Gasteiger partial charge in [0, 0.05) is 10.5 Å². The molecule has 1 nitrogen and oxygen atoms in total. The van der Waals surface area contributed by atoms with Crippen molar-refractivity contribution >= 4 is 28.3 Å². The number of hydrogen-bond donors (Lipinski definition) is 1. The monoisotopic (exact) mass is 329 g/mol. The van der Waals surface area contributed by atoms with Gasteiger partial charge in [0.05, 0.1) is 5.56 Å². The van der Waals surface area contributed by atoms with Crippen LogP contribution in [0.2, 0.25) is 0 Å². The molecule has 0 aliphatic rings. The molecule has 0 amide bonds. The molecule has 0 aliphatic carbocycles. The second-order valence-corrected chi connectivity index (χ2v) is 4.22. The van der Waals surface area contributed by atoms with Crippen LogP contribution in [0.4, 0.5) is 13.2 Å². The summed E-state index contributed by atoms with van der Waals surface area (Å²) in [4.78, 5) is 0. The first kappa shape index (κ1) is 16.5. The van der Waals surface area contributed by atoms with Crippen molar-refractivity contribution in [3.05, 3.63) is 46.5 Å². The lowest BCUT2D eigenvalue weighted by molar-refractivity contribution is -0.137. The summed E-state index contributed by atoms with van der Waals surface area (Å²) in [5, 5.41) is 0. The van der Waals surface area contributed by atoms with Gasteiger partial charge in [0.2, 0.25) is 0 Å². The Balaban J connectivity index is 0.00000256. The van der Waals surface area contributed by atoms with Crippen LogP contribution in [0, 0.1) is 0 Å². The smallest absolute Gasteiger partial charge is 0.324 e. The molecule has 1 aromatic rings. The van der Waals surface area contributed by atoms with Crippen LogP contribution in [0.5, 0.6) is 0 Å². The first-order valence-electron chi connectivity index (χ1n) is 4.59. The molecule has 1 atom stereocenters. The minimum Gasteiger partial charge on any atom is -0.324 e. The molecule has 1 aromatic carbocycles. The average molecular weight is 331 g/mol. The summed E-state index contributed by atoms with van der Waals surface area (Å²) in [5.41, 5.74) is 5.50. The van der Waals surface area contributed by atoms with Crippen LogP contribution in [0.15, 0.2) is 35.3 Å². The summed E-state index contributed by atoms with van der Waals surface area (Å²) in [6.45, 7) is 3.51. The highest BCUT2D eigenvalue weighted by Gasteiger charge is 2.31. The van der Waals surface area contributed by atoms with Crippen molar-refractivity contribution in [2.45, 2.75) is 18.6 Å². The lowest BCUT2D eigenvalue weighted by Crippen LogP contribution is -2.12. The Bertz CT molecular complexity index is 393. The van der Waals surface area contributed by atoms with Crippen LogP contribution >= 0.6 is 28.3 Å². The Kier molecular flexibility index (Phi) is 6.23. The molecule has 1 rings (SSSR count). The fourth-order valence-corrected chi connectivity index (χ4v) is 1.85. The van der Waals surface area contributed by atoms with Crippen LogP contribution in [0.3, 0.4) is 0 Å². The normalized spacial score (nSPS) is 12.8. The summed E-state index contributed by atoms with van der Waals surface area (Å²) in [7, 11) is 0. The van der Waals surface area contributed by atoms with Gasteiger partial charge in [0.15, 0.2) is 0 Å². The zero-order valence-electron chi connectivity index (χ0n) is 8.80. The summed E-state index contributed by atoms with van der Waals surface area (Å²) in [6, 6.07) is 2.97. The zero-order valence-corrected chi connectivity index (χ0v) is 11.2. The lowest BCUT2D eigenvalue weighted by Gasteiger charge is -2.15. The topological polar surface area (TPSA) is 26.0 Å². The Labute approximate surface area is 112 Å². The SMILES string of the molecule is C=CC[C@@H](N)c1cc(C(F)(F)F)ccc1Br.Cl. The molecule has 0 aromatic heterocycles. The van der Waals surface area contributed by atoms with E-state index in [1.54, 1.807) is 6.08 Å². The van der Waals surface area contributed by atoms with Crippen LogP contribution in [0.25, 0.3) is 0 Å². The summed E-state index contributed by atoms with van der Waals surface area (Å²) < 4.78 is 38.0. The van der Waals surface area contributed by atoms with Crippen molar-refractivity contribution < 1.29 is 13.2 Å². The van der Waals surface area contributed by atoms with Crippen molar-refractivity contribution in [2.24, 2.45) is 5.73 Å². The predicted molar refractivity (Wildman–Crippen MR) is 68.1 cm³/mol. The zero-order chi connectivity index (χ0) is 12.3. The second kappa shape index (κ2) is 6.42. The highest BCUT2D eigenvalue weighted by molar-refractivity contribution is 9.10. The van der Waals surface area contributed by atoms with Crippen LogP contribution < -0.4 is 5.73 Å². The molecule has 0 radical (unpaired) electrons. The summed E-state index contributed by atoms with van der Waals surface area (Å²) >= 11 is 3.19. The minimum absolute atomic E-state index is 0. The second-order valence-electron chi connectivity index (χ2n) is 3.36. The van der Waals surface area contributed by atoms with Crippen molar-refractivity contribution in [1.82, 2.24) is 0 Å². The number of benzene rings is 1. The maximum Gasteiger partial charge on any atom is 0.416 e. The molecule has 0 aliphatic heterocycles. The predicted octanol–water partition coefficient (Wildman–Crippen LogP) is 4.47. The van der Waals surface area contributed by atoms with E-state index in [1.165, 1.54) is 6.07 Å². The lowest BCUT2D eigenvalue weighted by atomic mass is 10.0. The average Bonchev–Trinajstić information content (AvgIpc) is 2.16. The molecule has 0 bridgehead atoms. The highest BCUT2D eigenvalue weighted by Crippen LogP contribution is 2.34. The van der Waals surface area contributed by atoms with Gasteiger partial charge >= 0.3 is 6.18 Å². The molecule has 2 N–H and O–H groups in total. The van der Waals surface area contributed by atoms with E-state index < -0.39 is 17.8 Å². The van der Waals surface area contributed by atoms with Gasteiger partial charge in [-0.2, -0.15) is 13.2 Å². The molecule has 0 fully saturated rings. The van der Waals surface area contributed by atoms with E-state index in [0.29, 0.717) is 16.5 Å². The van der Waals surface area contributed by atoms with E-state index in [2.05, 4.69) is 22.5 Å². The number of halogens is 5. The number of nitrogens with two attached hydrogens (primary N) is 1. The van der Waals surface area contributed by atoms with Crippen LogP contribution in [0.1, 0.15) is 23.6 Å². The standard InChI is InChI=1S/C11H11BrF3N.ClH/c1-2-3-10(16)8-6-7(11(13,14)15)4-5-9(8)12;/h2,4-6,10H,1,3,16H2;1H/t10-;/m1./s1. The first-order valence-corrected chi connectivity index (χ1v) is 5.38. The van der Waals surface area contributed by atoms with E-state index >= 15 is 0 Å². The van der Waals surface area contributed by atoms with Gasteiger partial charge in [-0.25, -0.2) is 0 Å². The molecule has 0 saturated carbocycles. The Morgan fingerprint density at radius 2 is 2.00 bits per heavy atom. The van der Waals surface area contributed by atoms with Gasteiger partial charge in [-0.1, -0.05) is 22.0 Å². The largest absolute Gasteiger partial charge is 0.416 e. The molecular weight excluding hydrogens is 318 g/mol. The highest BCUT2D eigenvalue weighted by atomic mass is 79.9. The Morgan fingerprint density at radius 1 is 1.41 bits per heavy atom. The van der Waals surface area contributed by atoms with E-state index in [9.17, 15) is 13.2 Å². The first-order chi connectivity index (χ1) is 7.36. The molecule has 0 spiro atoms. The van der Waals surface area contributed by atoms with Gasteiger partial charge in [0.25, 0.3) is 0 Å². The van der Waals surface area contributed by atoms with Gasteiger partial charge in [-0.05, 0) is 30.2 Å². The van der Waals surface area contributed by atoms with Gasteiger partial charge in [-0.3, -0.25) is 0 Å². The molecule has 17 heavy (non-hydrogen) atoms. The Morgan fingerprint density at radius 3 is 2.47 bits per heavy atom. The molecular formula is C11H12BrClF3N. The van der Waals surface area contributed by atoms with Crippen LogP contribution in [-0.4, -0.2) is 0 Å². The third-order valence-corrected chi connectivity index (χ3v) is 2.87. The third kappa shape index (κ3) is 4.33. The number of hydrogen-bond acceptors (Lipinski definition) is 1. The van der Waals surface area contributed by atoms with E-state index in [0.717, 1.165) is 12.1 Å². The molecule has 0 saturated heterocycles. The summed E-state index contributed by atoms with van der Waals surface area (Å²) in [5.74, 6) is 0. The molecule has 96 valence electrons. The van der Waals surface area contributed by atoms with Crippen molar-refractivity contribution in [2.75, 3.05) is 0 Å². The summed E-state index contributed by atoms with van der Waals surface area (Å²) in [6.07, 6.45) is -2.33. The van der Waals surface area contributed by atoms with Gasteiger partial charge in [-0.15, -0.1) is 19.0 Å². The quantitative estimate of drug-likeness (QED) is 0.813.